The van der Waals surface area contributed by atoms with Crippen molar-refractivity contribution in [2.75, 3.05) is 33.5 Å². The Bertz CT molecular complexity index is 5200. The van der Waals surface area contributed by atoms with Gasteiger partial charge in [-0.3, -0.25) is 67.1 Å². The van der Waals surface area contributed by atoms with Crippen molar-refractivity contribution in [3.8, 4) is 12.1 Å². The molecule has 0 amide bonds. The molecule has 14 bridgehead atoms. The van der Waals surface area contributed by atoms with Crippen LogP contribution in [0.3, 0.4) is 0 Å². The first-order valence-electron chi connectivity index (χ1n) is 51.0. The van der Waals surface area contributed by atoms with Gasteiger partial charge in [-0.25, -0.2) is 24.0 Å². The van der Waals surface area contributed by atoms with Crippen molar-refractivity contribution in [1.29, 1.82) is 10.5 Å². The molecule has 0 N–H and O–H groups in total. The molecule has 19 rings (SSSR count). The van der Waals surface area contributed by atoms with E-state index in [0.717, 1.165) is 44.9 Å². The highest BCUT2D eigenvalue weighted by atomic mass is 16.7. The molecule has 0 spiro atoms. The molecular formula is C104H140N2O39. The van der Waals surface area contributed by atoms with Gasteiger partial charge in [0.15, 0.2) is 54.4 Å². The van der Waals surface area contributed by atoms with Crippen LogP contribution in [0.25, 0.3) is 0 Å². The maximum absolute atomic E-state index is 12.6. The van der Waals surface area contributed by atoms with Gasteiger partial charge in [0, 0.05) is 65.6 Å². The first kappa shape index (κ1) is 111. The SMILES string of the molecule is CCC(C)(C)C(=O)OC(C)(C)C(=O)OC1C2CC3C1OC(=O)C3(C#N)C2.CCC(C)(C)C(=O)OC(C)C(=O)OC1C2CC3C(=O)OC1C3C2.CCC(C)(C)C(=O)OCC(=O)OC1C2CC3(C#N)C(=O)OC1C3O2.CCC(C)(C)C(=O)OCC(=O)OC1C2CC3C1OC(=O)C3(C(=O)OC)C2.CCC(C)(C)C(=O)OCC(=O)OC1C2CCC3C(C2)C(=O)OC31.CCC(C)(C)C(=O)OCCC(=O)OC1C2CC3C(=O)OC1C3C2. The van der Waals surface area contributed by atoms with Gasteiger partial charge in [0.05, 0.1) is 75.9 Å². The number of nitriles is 2. The van der Waals surface area contributed by atoms with Crippen LogP contribution in [-0.2, 0) is 186 Å². The number of methoxy groups -OCH3 is 1. The maximum Gasteiger partial charge on any atom is 0.350 e. The average molecular weight is 2040 g/mol. The van der Waals surface area contributed by atoms with Crippen LogP contribution in [-0.4, -0.2) is 244 Å². The molecule has 19 fully saturated rings. The summed E-state index contributed by atoms with van der Waals surface area (Å²) in [5.41, 5.74) is -8.89. The minimum atomic E-state index is -1.44. The van der Waals surface area contributed by atoms with Gasteiger partial charge >= 0.3 is 113 Å². The number of fused-ring (bicyclic) bond motifs is 6. The molecule has 31 unspecified atom stereocenters. The van der Waals surface area contributed by atoms with E-state index in [4.69, 9.17) is 94.7 Å². The summed E-state index contributed by atoms with van der Waals surface area (Å²) in [5.74, 6) is -8.61. The lowest BCUT2D eigenvalue weighted by atomic mass is 9.63. The van der Waals surface area contributed by atoms with E-state index >= 15 is 0 Å². The molecule has 8 saturated heterocycles. The van der Waals surface area contributed by atoms with Crippen LogP contribution < -0.4 is 0 Å². The van der Waals surface area contributed by atoms with Crippen molar-refractivity contribution in [1.82, 2.24) is 0 Å². The third kappa shape index (κ3) is 21.0. The normalized spacial score (nSPS) is 35.1. The van der Waals surface area contributed by atoms with Crippen LogP contribution in [0.15, 0.2) is 0 Å². The van der Waals surface area contributed by atoms with E-state index in [9.17, 15) is 102 Å². The van der Waals surface area contributed by atoms with Crippen molar-refractivity contribution >= 4 is 113 Å². The summed E-state index contributed by atoms with van der Waals surface area (Å²) < 4.78 is 106. The fourth-order valence-electron chi connectivity index (χ4n) is 23.1. The Morgan fingerprint density at radius 2 is 0.766 bits per heavy atom. The van der Waals surface area contributed by atoms with Gasteiger partial charge in [-0.1, -0.05) is 41.5 Å². The lowest BCUT2D eigenvalue weighted by Crippen LogP contribution is -2.50. The van der Waals surface area contributed by atoms with Gasteiger partial charge in [0.1, 0.15) is 79.9 Å². The molecular weight excluding hydrogens is 1900 g/mol. The highest BCUT2D eigenvalue weighted by Crippen LogP contribution is 2.66. The number of hydrogen-bond donors (Lipinski definition) is 0. The predicted molar refractivity (Wildman–Crippen MR) is 487 cm³/mol. The molecule has 41 heteroatoms. The first-order valence-corrected chi connectivity index (χ1v) is 51.0. The second-order valence-corrected chi connectivity index (χ2v) is 46.3. The molecule has 11 aliphatic carbocycles. The third-order valence-electron chi connectivity index (χ3n) is 34.7. The summed E-state index contributed by atoms with van der Waals surface area (Å²) >= 11 is 0. The number of rotatable bonds is 32. The molecule has 8 aliphatic heterocycles. The average Bonchev–Trinajstić information content (AvgIpc) is 1.53. The quantitative estimate of drug-likeness (QED) is 0.0344. The zero-order valence-electron chi connectivity index (χ0n) is 86.7. The Balaban J connectivity index is 0.000000146. The molecule has 19 aliphatic rings. The number of carbonyl (C=O) groups is 19. The highest BCUT2D eigenvalue weighted by Gasteiger charge is 2.78. The summed E-state index contributed by atoms with van der Waals surface area (Å²) in [6.45, 7) is 35.6. The van der Waals surface area contributed by atoms with E-state index in [1.807, 2.05) is 61.5 Å². The van der Waals surface area contributed by atoms with E-state index in [0.29, 0.717) is 57.8 Å². The fraction of sp³-hybridized carbons (Fsp3) is 0.798. The van der Waals surface area contributed by atoms with Crippen LogP contribution in [0.2, 0.25) is 0 Å². The van der Waals surface area contributed by atoms with Crippen LogP contribution in [0, 0.1) is 148 Å². The summed E-state index contributed by atoms with van der Waals surface area (Å²) in [5, 5.41) is 18.7. The number of hydrogen-bond acceptors (Lipinski definition) is 41. The molecule has 41 nitrogen and oxygen atoms in total. The summed E-state index contributed by atoms with van der Waals surface area (Å²) in [7, 11) is 1.24. The summed E-state index contributed by atoms with van der Waals surface area (Å²) in [6.07, 6.45) is 3.36. The summed E-state index contributed by atoms with van der Waals surface area (Å²) in [6, 6.07) is 4.10. The molecule has 800 valence electrons. The van der Waals surface area contributed by atoms with E-state index < -0.39 is 218 Å². The van der Waals surface area contributed by atoms with Gasteiger partial charge in [-0.15, -0.1) is 0 Å². The number of esters is 19. The largest absolute Gasteiger partial charge is 0.468 e. The van der Waals surface area contributed by atoms with Crippen molar-refractivity contribution in [2.24, 2.45) is 126 Å². The van der Waals surface area contributed by atoms with E-state index in [1.165, 1.54) is 27.9 Å². The van der Waals surface area contributed by atoms with Crippen molar-refractivity contribution in [3.63, 3.8) is 0 Å². The summed E-state index contributed by atoms with van der Waals surface area (Å²) in [4.78, 5) is 228. The van der Waals surface area contributed by atoms with E-state index in [2.05, 4.69) is 6.07 Å². The maximum atomic E-state index is 12.6. The van der Waals surface area contributed by atoms with Crippen LogP contribution in [0.1, 0.15) is 267 Å². The Kier molecular flexibility index (Phi) is 32.1. The molecule has 11 saturated carbocycles. The first-order chi connectivity index (χ1) is 67.8. The molecule has 0 aromatic heterocycles. The smallest absolute Gasteiger partial charge is 0.350 e. The van der Waals surface area contributed by atoms with Crippen molar-refractivity contribution in [3.05, 3.63) is 0 Å². The van der Waals surface area contributed by atoms with Crippen molar-refractivity contribution in [2.45, 2.75) is 365 Å². The molecule has 0 aromatic carbocycles. The zero-order valence-corrected chi connectivity index (χ0v) is 86.7. The standard InChI is InChI=1S/C19H25NO6.C18H24O8.3C17H24O6.C16H19NO7/c1-6-17(2,3)14(21)26-18(4,5)15(22)24-12-10-7-11-13(12)25-16(23)19(11,8-10)9-20;1-5-17(2,3)14(20)24-8-11(19)25-12-9-6-10-13(12)26-16(22)18(10,7-9)15(21)23-4;1-5-17(3,4)16(20)21-8(2)14(18)22-12-9-6-10-11(7-9)15(19)23-13(10)12;1-4-17(2,3)16(20)21-6-5-12(18)22-13-9-7-10-11(8-9)15(19)23-14(10)13;1-4-17(2,3)16(20)21-8-12(18)22-13-9-5-6-10-11(7-9)15(19)23-14(10)13;1-4-15(2,3)13(19)21-6-9(18)23-10-8-5-16(7-17)12(22-8)11(10)24-14(16)20/h10-13H,6-8H2,1-5H3;9-10,12-13H,5-8H2,1-4H3;8-13H,5-7H2,1-4H3;2*9-11,13-14H,4-8H2,1-3H3;8,10-12H,4-6H2,1-3H3. The Morgan fingerprint density at radius 1 is 0.379 bits per heavy atom. The lowest BCUT2D eigenvalue weighted by molar-refractivity contribution is -0.192. The van der Waals surface area contributed by atoms with E-state index in [-0.39, 0.29) is 164 Å². The fourth-order valence-corrected chi connectivity index (χ4v) is 23.1. The molecule has 31 atom stereocenters. The molecule has 8 heterocycles. The van der Waals surface area contributed by atoms with Gasteiger partial charge in [0.25, 0.3) is 0 Å². The molecule has 145 heavy (non-hydrogen) atoms. The monoisotopic (exact) mass is 2040 g/mol. The number of ether oxygens (including phenoxy) is 20. The molecule has 0 radical (unpaired) electrons. The molecule has 0 aromatic rings. The lowest BCUT2D eigenvalue weighted by Gasteiger charge is -2.43. The second kappa shape index (κ2) is 41.9. The number of carbonyl (C=O) groups excluding carboxylic acids is 19. The number of nitrogens with zero attached hydrogens (tertiary/aromatic N) is 2. The van der Waals surface area contributed by atoms with Gasteiger partial charge < -0.3 is 94.7 Å². The van der Waals surface area contributed by atoms with Crippen LogP contribution in [0.4, 0.5) is 0 Å². The predicted octanol–water partition coefficient (Wildman–Crippen LogP) is 9.16. The Hall–Kier alpha value is -11.1. The minimum absolute atomic E-state index is 0.0113. The highest BCUT2D eigenvalue weighted by molar-refractivity contribution is 6.03. The zero-order chi connectivity index (χ0) is 107. The minimum Gasteiger partial charge on any atom is -0.468 e. The Morgan fingerprint density at radius 3 is 1.26 bits per heavy atom. The second-order valence-electron chi connectivity index (χ2n) is 46.3. The van der Waals surface area contributed by atoms with Gasteiger partial charge in [-0.05, 0) is 213 Å². The van der Waals surface area contributed by atoms with Gasteiger partial charge in [-0.2, -0.15) is 10.5 Å². The topological polar surface area (TPSA) is 557 Å². The third-order valence-corrected chi connectivity index (χ3v) is 34.7. The van der Waals surface area contributed by atoms with E-state index in [1.54, 1.807) is 69.2 Å². The van der Waals surface area contributed by atoms with Crippen LogP contribution >= 0.6 is 0 Å². The van der Waals surface area contributed by atoms with Crippen molar-refractivity contribution < 1.29 is 186 Å². The van der Waals surface area contributed by atoms with Gasteiger partial charge in [0.2, 0.25) is 5.60 Å². The van der Waals surface area contributed by atoms with Crippen LogP contribution in [0.5, 0.6) is 0 Å². The Labute approximate surface area is 841 Å².